The van der Waals surface area contributed by atoms with Crippen molar-refractivity contribution in [3.63, 3.8) is 0 Å². The van der Waals surface area contributed by atoms with Crippen molar-refractivity contribution < 1.29 is 0 Å². The normalized spacial score (nSPS) is 36.7. The van der Waals surface area contributed by atoms with Gasteiger partial charge in [0.1, 0.15) is 0 Å². The van der Waals surface area contributed by atoms with Crippen molar-refractivity contribution in [2.45, 2.75) is 38.1 Å². The van der Waals surface area contributed by atoms with Gasteiger partial charge in [0.25, 0.3) is 0 Å². The Morgan fingerprint density at radius 3 is 2.56 bits per heavy atom. The number of fused-ring (bicyclic) bond motifs is 1. The van der Waals surface area contributed by atoms with Crippen LogP contribution in [0.1, 0.15) is 32.1 Å². The van der Waals surface area contributed by atoms with E-state index in [-0.39, 0.29) is 0 Å². The first kappa shape index (κ1) is 5.72. The summed E-state index contributed by atoms with van der Waals surface area (Å²) in [6.45, 7) is 2.79. The summed E-state index contributed by atoms with van der Waals surface area (Å²) in [5, 5.41) is 0. The summed E-state index contributed by atoms with van der Waals surface area (Å²) < 4.78 is 0. The van der Waals surface area contributed by atoms with Crippen molar-refractivity contribution in [1.82, 2.24) is 4.90 Å². The highest BCUT2D eigenvalue weighted by molar-refractivity contribution is 4.81. The first-order valence-electron chi connectivity index (χ1n) is 4.21. The van der Waals surface area contributed by atoms with E-state index in [1.54, 1.807) is 0 Å². The minimum absolute atomic E-state index is 0.999. The van der Waals surface area contributed by atoms with Crippen molar-refractivity contribution in [2.75, 3.05) is 13.1 Å². The van der Waals surface area contributed by atoms with Crippen LogP contribution in [0, 0.1) is 0 Å². The van der Waals surface area contributed by atoms with Crippen LogP contribution in [-0.2, 0) is 0 Å². The smallest absolute Gasteiger partial charge is 0.00957 e. The van der Waals surface area contributed by atoms with Crippen LogP contribution in [0.2, 0.25) is 0 Å². The summed E-state index contributed by atoms with van der Waals surface area (Å²) in [7, 11) is 0. The molecule has 1 nitrogen and oxygen atoms in total. The van der Waals surface area contributed by atoms with Gasteiger partial charge in [-0.15, -0.1) is 0 Å². The van der Waals surface area contributed by atoms with Crippen LogP contribution < -0.4 is 0 Å². The zero-order valence-electron chi connectivity index (χ0n) is 5.97. The van der Waals surface area contributed by atoms with E-state index >= 15 is 0 Å². The average Bonchev–Trinajstić information content (AvgIpc) is 2.33. The summed E-state index contributed by atoms with van der Waals surface area (Å²) in [6, 6.07) is 0.999. The summed E-state index contributed by atoms with van der Waals surface area (Å²) >= 11 is 0. The van der Waals surface area contributed by atoms with Crippen LogP contribution >= 0.6 is 0 Å². The number of hydrogen-bond donors (Lipinski definition) is 0. The zero-order valence-corrected chi connectivity index (χ0v) is 5.97. The number of piperidine rings is 1. The third kappa shape index (κ3) is 0.983. The minimum atomic E-state index is 0.999. The van der Waals surface area contributed by atoms with Gasteiger partial charge in [-0.25, -0.2) is 0 Å². The maximum atomic E-state index is 2.67. The molecule has 0 spiro atoms. The molecule has 1 atom stereocenters. The standard InChI is InChI=1S/C8H15N/c1-2-6-9-7-3-5-8(9)4-1/h8H,1-7H2/t8-/m1/s1. The lowest BCUT2D eigenvalue weighted by Gasteiger charge is -2.28. The van der Waals surface area contributed by atoms with Gasteiger partial charge in [-0.2, -0.15) is 0 Å². The number of hydrogen-bond acceptors (Lipinski definition) is 1. The predicted octanol–water partition coefficient (Wildman–Crippen LogP) is 1.63. The molecular weight excluding hydrogens is 110 g/mol. The topological polar surface area (TPSA) is 3.24 Å². The molecule has 2 aliphatic rings. The van der Waals surface area contributed by atoms with Crippen LogP contribution in [0.3, 0.4) is 0 Å². The van der Waals surface area contributed by atoms with Gasteiger partial charge < -0.3 is 4.90 Å². The van der Waals surface area contributed by atoms with Gasteiger partial charge in [0.05, 0.1) is 0 Å². The Kier molecular flexibility index (Phi) is 1.46. The van der Waals surface area contributed by atoms with Crippen LogP contribution in [-0.4, -0.2) is 24.0 Å². The quantitative estimate of drug-likeness (QED) is 0.475. The van der Waals surface area contributed by atoms with Crippen LogP contribution in [0.5, 0.6) is 0 Å². The second-order valence-corrected chi connectivity index (χ2v) is 3.33. The maximum absolute atomic E-state index is 2.67. The van der Waals surface area contributed by atoms with Gasteiger partial charge in [0, 0.05) is 6.04 Å². The Morgan fingerprint density at radius 1 is 0.889 bits per heavy atom. The van der Waals surface area contributed by atoms with Gasteiger partial charge in [0.15, 0.2) is 0 Å². The molecule has 2 fully saturated rings. The molecule has 2 rings (SSSR count). The van der Waals surface area contributed by atoms with E-state index in [1.807, 2.05) is 0 Å². The van der Waals surface area contributed by atoms with E-state index in [4.69, 9.17) is 0 Å². The molecule has 0 aromatic rings. The molecule has 1 heteroatoms. The van der Waals surface area contributed by atoms with E-state index < -0.39 is 0 Å². The summed E-state index contributed by atoms with van der Waals surface area (Å²) in [5.41, 5.74) is 0. The van der Waals surface area contributed by atoms with E-state index in [1.165, 1.54) is 45.2 Å². The lowest BCUT2D eigenvalue weighted by molar-refractivity contribution is 0.198. The SMILES string of the molecule is C1CCN2CCC[C@H]2C1. The zero-order chi connectivity index (χ0) is 6.10. The molecule has 9 heavy (non-hydrogen) atoms. The highest BCUT2D eigenvalue weighted by atomic mass is 15.2. The van der Waals surface area contributed by atoms with Crippen LogP contribution in [0.25, 0.3) is 0 Å². The number of rotatable bonds is 0. The molecular formula is C8H15N. The van der Waals surface area contributed by atoms with Gasteiger partial charge >= 0.3 is 0 Å². The van der Waals surface area contributed by atoms with Gasteiger partial charge in [-0.05, 0) is 38.8 Å². The molecule has 0 aromatic carbocycles. The van der Waals surface area contributed by atoms with Crippen LogP contribution in [0.15, 0.2) is 0 Å². The first-order valence-corrected chi connectivity index (χ1v) is 4.21. The second-order valence-electron chi connectivity index (χ2n) is 3.33. The molecule has 2 heterocycles. The Balaban J connectivity index is 1.97. The molecule has 0 aliphatic carbocycles. The number of nitrogens with zero attached hydrogens (tertiary/aromatic N) is 1. The largest absolute Gasteiger partial charge is 0.300 e. The Morgan fingerprint density at radius 2 is 1.67 bits per heavy atom. The second kappa shape index (κ2) is 2.30. The van der Waals surface area contributed by atoms with Crippen LogP contribution in [0.4, 0.5) is 0 Å². The lowest BCUT2D eigenvalue weighted by Crippen LogP contribution is -2.33. The summed E-state index contributed by atoms with van der Waals surface area (Å²) in [5.74, 6) is 0. The fraction of sp³-hybridized carbons (Fsp3) is 1.00. The Labute approximate surface area is 57.0 Å². The van der Waals surface area contributed by atoms with Crippen molar-refractivity contribution in [2.24, 2.45) is 0 Å². The summed E-state index contributed by atoms with van der Waals surface area (Å²) in [6.07, 6.45) is 7.38. The molecule has 0 unspecified atom stereocenters. The minimum Gasteiger partial charge on any atom is -0.300 e. The molecule has 2 aliphatic heterocycles. The lowest BCUT2D eigenvalue weighted by atomic mass is 10.0. The Bertz CT molecular complexity index is 88.7. The van der Waals surface area contributed by atoms with E-state index in [0.717, 1.165) is 6.04 Å². The molecule has 0 aromatic heterocycles. The Hall–Kier alpha value is -0.0400. The molecule has 0 radical (unpaired) electrons. The van der Waals surface area contributed by atoms with E-state index in [2.05, 4.69) is 4.90 Å². The van der Waals surface area contributed by atoms with Crippen molar-refractivity contribution in [3.8, 4) is 0 Å². The van der Waals surface area contributed by atoms with Crippen molar-refractivity contribution >= 4 is 0 Å². The maximum Gasteiger partial charge on any atom is 0.00957 e. The van der Waals surface area contributed by atoms with Gasteiger partial charge in [-0.3, -0.25) is 0 Å². The highest BCUT2D eigenvalue weighted by Crippen LogP contribution is 2.25. The summed E-state index contributed by atoms with van der Waals surface area (Å²) in [4.78, 5) is 2.67. The molecule has 0 N–H and O–H groups in total. The van der Waals surface area contributed by atoms with E-state index in [0.29, 0.717) is 0 Å². The third-order valence-corrected chi connectivity index (χ3v) is 2.73. The molecule has 0 amide bonds. The van der Waals surface area contributed by atoms with E-state index in [9.17, 15) is 0 Å². The third-order valence-electron chi connectivity index (χ3n) is 2.73. The van der Waals surface area contributed by atoms with Crippen molar-refractivity contribution in [3.05, 3.63) is 0 Å². The van der Waals surface area contributed by atoms with Gasteiger partial charge in [0.2, 0.25) is 0 Å². The molecule has 52 valence electrons. The highest BCUT2D eigenvalue weighted by Gasteiger charge is 2.25. The monoisotopic (exact) mass is 125 g/mol. The average molecular weight is 125 g/mol. The fourth-order valence-corrected chi connectivity index (χ4v) is 2.21. The van der Waals surface area contributed by atoms with Crippen molar-refractivity contribution in [1.29, 1.82) is 0 Å². The first-order chi connectivity index (χ1) is 4.47. The predicted molar refractivity (Wildman–Crippen MR) is 38.4 cm³/mol. The fourth-order valence-electron chi connectivity index (χ4n) is 2.21. The van der Waals surface area contributed by atoms with Gasteiger partial charge in [-0.1, -0.05) is 6.42 Å². The molecule has 0 saturated carbocycles. The molecule has 2 saturated heterocycles. The molecule has 0 bridgehead atoms.